The summed E-state index contributed by atoms with van der Waals surface area (Å²) in [6.45, 7) is 5.68. The maximum Gasteiger partial charge on any atom is 0.270 e. The lowest BCUT2D eigenvalue weighted by molar-refractivity contribution is 0.0929. The van der Waals surface area contributed by atoms with E-state index in [9.17, 15) is 9.90 Å². The minimum absolute atomic E-state index is 0.104. The van der Waals surface area contributed by atoms with Crippen LogP contribution in [0.5, 0.6) is 5.75 Å². The molecule has 1 amide bonds. The largest absolute Gasteiger partial charge is 0.507 e. The lowest BCUT2D eigenvalue weighted by Gasteiger charge is -2.15. The van der Waals surface area contributed by atoms with Crippen molar-refractivity contribution in [2.75, 3.05) is 18.4 Å². The molecule has 1 aliphatic heterocycles. The van der Waals surface area contributed by atoms with Crippen LogP contribution < -0.4 is 16.0 Å². The Kier molecular flexibility index (Phi) is 5.95. The molecule has 5 N–H and O–H groups in total. The van der Waals surface area contributed by atoms with Crippen LogP contribution in [0.3, 0.4) is 0 Å². The molecule has 138 valence electrons. The average molecular weight is 420 g/mol. The van der Waals surface area contributed by atoms with Crippen LogP contribution in [0.25, 0.3) is 5.70 Å². The summed E-state index contributed by atoms with van der Waals surface area (Å²) >= 11 is 3.42. The molecule has 2 heterocycles. The highest BCUT2D eigenvalue weighted by atomic mass is 79.9. The predicted octanol–water partition coefficient (Wildman–Crippen LogP) is 2.83. The molecular formula is C18H22BrN5O2. The normalized spacial score (nSPS) is 17.3. The number of hydrogen-bond acceptors (Lipinski definition) is 5. The summed E-state index contributed by atoms with van der Waals surface area (Å²) in [5.41, 5.74) is 1.40. The van der Waals surface area contributed by atoms with Gasteiger partial charge in [-0.2, -0.15) is 5.10 Å². The van der Waals surface area contributed by atoms with Gasteiger partial charge in [-0.3, -0.25) is 9.89 Å². The second kappa shape index (κ2) is 8.37. The van der Waals surface area contributed by atoms with E-state index < -0.39 is 0 Å². The maximum atomic E-state index is 12.5. The lowest BCUT2D eigenvalue weighted by atomic mass is 10.1. The second-order valence-corrected chi connectivity index (χ2v) is 7.05. The molecule has 8 heteroatoms. The number of halogens is 1. The fourth-order valence-electron chi connectivity index (χ4n) is 2.90. The molecule has 1 atom stereocenters. The fourth-order valence-corrected chi connectivity index (χ4v) is 3.36. The molecular weight excluding hydrogens is 398 g/mol. The zero-order valence-electron chi connectivity index (χ0n) is 14.3. The van der Waals surface area contributed by atoms with E-state index in [0.717, 1.165) is 32.4 Å². The van der Waals surface area contributed by atoms with Crippen LogP contribution >= 0.6 is 15.9 Å². The number of para-hydroxylation sites is 1. The van der Waals surface area contributed by atoms with Crippen LogP contribution in [-0.4, -0.2) is 40.3 Å². The van der Waals surface area contributed by atoms with Gasteiger partial charge in [-0.1, -0.05) is 25.1 Å². The standard InChI is InChI=1S/C18H22BrN5O2/c1-11(13-7-2-3-8-14(13)25)21-17-15(19)16(23-24-17)18(26)22-12-6-4-5-9-20-10-12/h2-3,7-8,12,20,25H,1,4-6,9-10H2,(H,22,26)(H2,21,23,24). The molecule has 2 aromatic rings. The van der Waals surface area contributed by atoms with E-state index in [-0.39, 0.29) is 17.7 Å². The quantitative estimate of drug-likeness (QED) is 0.512. The monoisotopic (exact) mass is 419 g/mol. The van der Waals surface area contributed by atoms with Gasteiger partial charge in [0, 0.05) is 23.8 Å². The average Bonchev–Trinajstić information content (AvgIpc) is 2.82. The Hall–Kier alpha value is -2.32. The van der Waals surface area contributed by atoms with E-state index in [4.69, 9.17) is 0 Å². The van der Waals surface area contributed by atoms with Crippen molar-refractivity contribution in [2.45, 2.75) is 25.3 Å². The third-order valence-corrected chi connectivity index (χ3v) is 5.09. The topological polar surface area (TPSA) is 102 Å². The van der Waals surface area contributed by atoms with Crippen LogP contribution in [0.1, 0.15) is 35.3 Å². The van der Waals surface area contributed by atoms with Crippen molar-refractivity contribution in [3.05, 3.63) is 46.6 Å². The highest BCUT2D eigenvalue weighted by molar-refractivity contribution is 9.10. The van der Waals surface area contributed by atoms with E-state index in [1.165, 1.54) is 0 Å². The van der Waals surface area contributed by atoms with Crippen molar-refractivity contribution in [1.29, 1.82) is 0 Å². The number of nitrogens with one attached hydrogen (secondary N) is 4. The lowest BCUT2D eigenvalue weighted by Crippen LogP contribution is -2.41. The van der Waals surface area contributed by atoms with Crippen molar-refractivity contribution in [3.63, 3.8) is 0 Å². The Morgan fingerprint density at radius 3 is 2.96 bits per heavy atom. The van der Waals surface area contributed by atoms with Gasteiger partial charge in [-0.15, -0.1) is 0 Å². The van der Waals surface area contributed by atoms with Crippen molar-refractivity contribution in [1.82, 2.24) is 20.8 Å². The van der Waals surface area contributed by atoms with Gasteiger partial charge in [0.2, 0.25) is 0 Å². The molecule has 1 saturated heterocycles. The molecule has 7 nitrogen and oxygen atoms in total. The minimum Gasteiger partial charge on any atom is -0.507 e. The zero-order chi connectivity index (χ0) is 18.5. The maximum absolute atomic E-state index is 12.5. The first-order valence-electron chi connectivity index (χ1n) is 8.56. The molecule has 1 fully saturated rings. The Morgan fingerprint density at radius 2 is 2.15 bits per heavy atom. The van der Waals surface area contributed by atoms with E-state index in [2.05, 4.69) is 48.7 Å². The van der Waals surface area contributed by atoms with Gasteiger partial charge in [-0.25, -0.2) is 0 Å². The van der Waals surface area contributed by atoms with E-state index in [1.54, 1.807) is 24.3 Å². The molecule has 0 spiro atoms. The van der Waals surface area contributed by atoms with Gasteiger partial charge in [0.1, 0.15) is 11.4 Å². The van der Waals surface area contributed by atoms with Gasteiger partial charge in [0.15, 0.2) is 5.82 Å². The number of nitrogens with zero attached hydrogens (tertiary/aromatic N) is 1. The first kappa shape index (κ1) is 18.5. The number of carbonyl (C=O) groups excluding carboxylic acids is 1. The molecule has 0 bridgehead atoms. The molecule has 26 heavy (non-hydrogen) atoms. The smallest absolute Gasteiger partial charge is 0.270 e. The first-order chi connectivity index (χ1) is 12.6. The summed E-state index contributed by atoms with van der Waals surface area (Å²) in [5.74, 6) is 0.345. The summed E-state index contributed by atoms with van der Waals surface area (Å²) in [5, 5.41) is 26.2. The van der Waals surface area contributed by atoms with Gasteiger partial charge >= 0.3 is 0 Å². The molecule has 0 aliphatic carbocycles. The predicted molar refractivity (Wildman–Crippen MR) is 105 cm³/mol. The molecule has 0 saturated carbocycles. The third kappa shape index (κ3) is 4.25. The zero-order valence-corrected chi connectivity index (χ0v) is 15.9. The van der Waals surface area contributed by atoms with Gasteiger partial charge in [0.05, 0.1) is 4.47 Å². The Morgan fingerprint density at radius 1 is 1.35 bits per heavy atom. The van der Waals surface area contributed by atoms with Crippen molar-refractivity contribution < 1.29 is 9.90 Å². The van der Waals surface area contributed by atoms with E-state index in [0.29, 0.717) is 27.2 Å². The first-order valence-corrected chi connectivity index (χ1v) is 9.35. The third-order valence-electron chi connectivity index (χ3n) is 4.31. The number of benzene rings is 1. The summed E-state index contributed by atoms with van der Waals surface area (Å²) in [6.07, 6.45) is 3.18. The number of hydrogen-bond donors (Lipinski definition) is 5. The van der Waals surface area contributed by atoms with E-state index >= 15 is 0 Å². The van der Waals surface area contributed by atoms with Gasteiger partial charge in [0.25, 0.3) is 5.91 Å². The molecule has 1 aromatic heterocycles. The van der Waals surface area contributed by atoms with Crippen molar-refractivity contribution in [3.8, 4) is 5.75 Å². The summed E-state index contributed by atoms with van der Waals surface area (Å²) in [4.78, 5) is 12.5. The molecule has 1 aromatic carbocycles. The number of aromatic hydroxyl groups is 1. The molecule has 1 aliphatic rings. The second-order valence-electron chi connectivity index (χ2n) is 6.25. The van der Waals surface area contributed by atoms with Crippen molar-refractivity contribution >= 4 is 33.4 Å². The number of H-pyrrole nitrogens is 1. The van der Waals surface area contributed by atoms with Crippen molar-refractivity contribution in [2.24, 2.45) is 0 Å². The summed E-state index contributed by atoms with van der Waals surface area (Å²) in [6, 6.07) is 6.98. The Labute approximate surface area is 160 Å². The van der Waals surface area contributed by atoms with Gasteiger partial charge in [-0.05, 0) is 47.4 Å². The highest BCUT2D eigenvalue weighted by Crippen LogP contribution is 2.29. The number of rotatable bonds is 5. The fraction of sp³-hybridized carbons (Fsp3) is 0.333. The minimum atomic E-state index is -0.209. The van der Waals surface area contributed by atoms with Crippen LogP contribution in [0.2, 0.25) is 0 Å². The Bertz CT molecular complexity index is 797. The molecule has 3 rings (SSSR count). The number of carbonyl (C=O) groups is 1. The number of aromatic nitrogens is 2. The summed E-state index contributed by atoms with van der Waals surface area (Å²) in [7, 11) is 0. The van der Waals surface area contributed by atoms with Crippen LogP contribution in [0.15, 0.2) is 35.3 Å². The number of anilines is 1. The molecule has 0 radical (unpaired) electrons. The highest BCUT2D eigenvalue weighted by Gasteiger charge is 2.21. The SMILES string of the molecule is C=C(Nc1n[nH]c(C(=O)NC2CCCCNC2)c1Br)c1ccccc1O. The number of aromatic amines is 1. The van der Waals surface area contributed by atoms with E-state index in [1.807, 2.05) is 0 Å². The van der Waals surface area contributed by atoms with Crippen LogP contribution in [0.4, 0.5) is 5.82 Å². The number of phenolic OH excluding ortho intramolecular Hbond substituents is 1. The van der Waals surface area contributed by atoms with Crippen LogP contribution in [0, 0.1) is 0 Å². The number of phenols is 1. The summed E-state index contributed by atoms with van der Waals surface area (Å²) < 4.78 is 0.521. The Balaban J connectivity index is 1.68. The van der Waals surface area contributed by atoms with Gasteiger partial charge < -0.3 is 21.1 Å². The molecule has 1 unspecified atom stereocenters. The van der Waals surface area contributed by atoms with Crippen LogP contribution in [-0.2, 0) is 0 Å². The number of amides is 1.